The molecule has 0 radical (unpaired) electrons. The van der Waals surface area contributed by atoms with Crippen LogP contribution in [0.1, 0.15) is 12.5 Å². The Morgan fingerprint density at radius 1 is 1.50 bits per heavy atom. The summed E-state index contributed by atoms with van der Waals surface area (Å²) in [6.45, 7) is 5.94. The predicted octanol–water partition coefficient (Wildman–Crippen LogP) is 3.81. The molecule has 0 saturated carbocycles. The molecular weight excluding hydrogens is 212 g/mol. The van der Waals surface area contributed by atoms with E-state index in [1.54, 1.807) is 0 Å². The third kappa shape index (κ3) is 2.49. The van der Waals surface area contributed by atoms with E-state index in [0.717, 1.165) is 6.42 Å². The second kappa shape index (κ2) is 4.46. The maximum atomic E-state index is 3.77. The molecule has 1 unspecified atom stereocenters. The van der Waals surface area contributed by atoms with Crippen LogP contribution in [0.3, 0.4) is 0 Å². The molecule has 0 heterocycles. The van der Waals surface area contributed by atoms with Gasteiger partial charge in [-0.2, -0.15) is 0 Å². The van der Waals surface area contributed by atoms with Crippen LogP contribution in [0.5, 0.6) is 0 Å². The van der Waals surface area contributed by atoms with E-state index in [4.69, 9.17) is 0 Å². The highest BCUT2D eigenvalue weighted by Crippen LogP contribution is 2.19. The monoisotopic (exact) mass is 224 g/mol. The quantitative estimate of drug-likeness (QED) is 0.686. The third-order valence-corrected chi connectivity index (χ3v) is 2.68. The van der Waals surface area contributed by atoms with Crippen LogP contribution in [-0.2, 0) is 6.42 Å². The van der Waals surface area contributed by atoms with Gasteiger partial charge in [0.15, 0.2) is 0 Å². The lowest BCUT2D eigenvalue weighted by atomic mass is 10.0. The molecule has 0 fully saturated rings. The minimum Gasteiger partial charge on any atom is -0.103 e. The van der Waals surface area contributed by atoms with Crippen LogP contribution < -0.4 is 0 Å². The summed E-state index contributed by atoms with van der Waals surface area (Å²) in [6.07, 6.45) is 3.05. The summed E-state index contributed by atoms with van der Waals surface area (Å²) in [5, 5.41) is 0. The molecule has 1 aromatic rings. The Hall–Kier alpha value is -0.560. The minimum atomic E-state index is 0.545. The lowest BCUT2D eigenvalue weighted by Gasteiger charge is -2.07. The molecular formula is C11H13Br. The summed E-state index contributed by atoms with van der Waals surface area (Å²) in [5.41, 5.74) is 1.35. The highest BCUT2D eigenvalue weighted by Gasteiger charge is 2.01. The van der Waals surface area contributed by atoms with E-state index in [9.17, 15) is 0 Å². The fraction of sp³-hybridized carbons (Fsp3) is 0.273. The summed E-state index contributed by atoms with van der Waals surface area (Å²) >= 11 is 3.52. The van der Waals surface area contributed by atoms with E-state index in [1.807, 2.05) is 12.1 Å². The number of halogens is 1. The Morgan fingerprint density at radius 2 is 2.17 bits per heavy atom. The van der Waals surface area contributed by atoms with Gasteiger partial charge in [-0.15, -0.1) is 6.58 Å². The van der Waals surface area contributed by atoms with E-state index < -0.39 is 0 Å². The van der Waals surface area contributed by atoms with Crippen molar-refractivity contribution >= 4 is 15.9 Å². The van der Waals surface area contributed by atoms with Gasteiger partial charge in [0, 0.05) is 4.47 Å². The highest BCUT2D eigenvalue weighted by molar-refractivity contribution is 9.10. The van der Waals surface area contributed by atoms with Crippen molar-refractivity contribution in [3.05, 3.63) is 47.0 Å². The van der Waals surface area contributed by atoms with Crippen molar-refractivity contribution in [1.29, 1.82) is 0 Å². The van der Waals surface area contributed by atoms with Crippen LogP contribution in [0.25, 0.3) is 0 Å². The van der Waals surface area contributed by atoms with Crippen LogP contribution in [0.4, 0.5) is 0 Å². The zero-order valence-electron chi connectivity index (χ0n) is 7.26. The largest absolute Gasteiger partial charge is 0.103 e. The van der Waals surface area contributed by atoms with Crippen molar-refractivity contribution in [2.24, 2.45) is 5.92 Å². The van der Waals surface area contributed by atoms with Crippen molar-refractivity contribution in [3.63, 3.8) is 0 Å². The first-order chi connectivity index (χ1) is 5.74. The lowest BCUT2D eigenvalue weighted by molar-refractivity contribution is 0.723. The van der Waals surface area contributed by atoms with E-state index in [-0.39, 0.29) is 0 Å². The fourth-order valence-electron chi connectivity index (χ4n) is 1.09. The molecule has 1 rings (SSSR count). The number of hydrogen-bond donors (Lipinski definition) is 0. The molecule has 1 heteroatoms. The number of benzene rings is 1. The van der Waals surface area contributed by atoms with Crippen molar-refractivity contribution in [3.8, 4) is 0 Å². The first-order valence-electron chi connectivity index (χ1n) is 4.10. The minimum absolute atomic E-state index is 0.545. The van der Waals surface area contributed by atoms with Crippen LogP contribution in [0, 0.1) is 5.92 Å². The van der Waals surface area contributed by atoms with Crippen LogP contribution in [0.15, 0.2) is 41.4 Å². The lowest BCUT2D eigenvalue weighted by Crippen LogP contribution is -1.95. The normalized spacial score (nSPS) is 12.5. The van der Waals surface area contributed by atoms with E-state index in [0.29, 0.717) is 5.92 Å². The summed E-state index contributed by atoms with van der Waals surface area (Å²) in [5.74, 6) is 0.545. The molecule has 1 aromatic carbocycles. The zero-order chi connectivity index (χ0) is 8.97. The van der Waals surface area contributed by atoms with Gasteiger partial charge in [-0.25, -0.2) is 0 Å². The molecule has 0 nitrogen and oxygen atoms in total. The standard InChI is InChI=1S/C11H13Br/c1-3-9(2)8-10-6-4-5-7-11(10)12/h3-7,9H,1,8H2,2H3. The summed E-state index contributed by atoms with van der Waals surface area (Å²) in [6, 6.07) is 8.32. The van der Waals surface area contributed by atoms with Gasteiger partial charge in [-0.1, -0.05) is 47.1 Å². The van der Waals surface area contributed by atoms with E-state index in [1.165, 1.54) is 10.0 Å². The summed E-state index contributed by atoms with van der Waals surface area (Å²) in [4.78, 5) is 0. The Labute approximate surface area is 82.4 Å². The Bertz CT molecular complexity index is 265. The van der Waals surface area contributed by atoms with Crippen molar-refractivity contribution in [1.82, 2.24) is 0 Å². The maximum absolute atomic E-state index is 3.77. The van der Waals surface area contributed by atoms with Crippen molar-refractivity contribution in [2.75, 3.05) is 0 Å². The molecule has 0 aliphatic heterocycles. The van der Waals surface area contributed by atoms with E-state index in [2.05, 4.69) is 47.6 Å². The van der Waals surface area contributed by atoms with Crippen molar-refractivity contribution in [2.45, 2.75) is 13.3 Å². The molecule has 0 N–H and O–H groups in total. The predicted molar refractivity (Wildman–Crippen MR) is 57.2 cm³/mol. The maximum Gasteiger partial charge on any atom is 0.0207 e. The molecule has 0 aliphatic carbocycles. The van der Waals surface area contributed by atoms with Gasteiger partial charge in [0.2, 0.25) is 0 Å². The molecule has 0 amide bonds. The summed E-state index contributed by atoms with van der Waals surface area (Å²) in [7, 11) is 0. The molecule has 64 valence electrons. The van der Waals surface area contributed by atoms with Gasteiger partial charge in [-0.3, -0.25) is 0 Å². The van der Waals surface area contributed by atoms with E-state index >= 15 is 0 Å². The molecule has 0 aliphatic rings. The Morgan fingerprint density at radius 3 is 2.75 bits per heavy atom. The van der Waals surface area contributed by atoms with Crippen LogP contribution in [0.2, 0.25) is 0 Å². The Kier molecular flexibility index (Phi) is 3.54. The number of allylic oxidation sites excluding steroid dienone is 1. The molecule has 0 bridgehead atoms. The van der Waals surface area contributed by atoms with Gasteiger partial charge < -0.3 is 0 Å². The first-order valence-corrected chi connectivity index (χ1v) is 4.89. The number of rotatable bonds is 3. The third-order valence-electron chi connectivity index (χ3n) is 1.90. The van der Waals surface area contributed by atoms with Gasteiger partial charge in [0.1, 0.15) is 0 Å². The van der Waals surface area contributed by atoms with Gasteiger partial charge in [-0.05, 0) is 24.0 Å². The average molecular weight is 225 g/mol. The Balaban J connectivity index is 2.75. The smallest absolute Gasteiger partial charge is 0.0207 e. The second-order valence-electron chi connectivity index (χ2n) is 3.01. The molecule has 0 saturated heterocycles. The number of hydrogen-bond acceptors (Lipinski definition) is 0. The average Bonchev–Trinajstić information content (AvgIpc) is 2.09. The highest BCUT2D eigenvalue weighted by atomic mass is 79.9. The van der Waals surface area contributed by atoms with Crippen LogP contribution in [-0.4, -0.2) is 0 Å². The topological polar surface area (TPSA) is 0 Å². The molecule has 0 spiro atoms. The fourth-order valence-corrected chi connectivity index (χ4v) is 1.54. The SMILES string of the molecule is C=CC(C)Cc1ccccc1Br. The van der Waals surface area contributed by atoms with Gasteiger partial charge in [0.05, 0.1) is 0 Å². The zero-order valence-corrected chi connectivity index (χ0v) is 8.84. The first kappa shape index (κ1) is 9.53. The van der Waals surface area contributed by atoms with Gasteiger partial charge >= 0.3 is 0 Å². The molecule has 0 aromatic heterocycles. The molecule has 12 heavy (non-hydrogen) atoms. The molecule has 1 atom stereocenters. The van der Waals surface area contributed by atoms with Crippen LogP contribution >= 0.6 is 15.9 Å². The van der Waals surface area contributed by atoms with Crippen molar-refractivity contribution < 1.29 is 0 Å². The second-order valence-corrected chi connectivity index (χ2v) is 3.86. The summed E-state index contributed by atoms with van der Waals surface area (Å²) < 4.78 is 1.19. The van der Waals surface area contributed by atoms with Gasteiger partial charge in [0.25, 0.3) is 0 Å².